The number of benzene rings is 1. The molecule has 1 aliphatic heterocycles. The average Bonchev–Trinajstić information content (AvgIpc) is 2.52. The fourth-order valence-electron chi connectivity index (χ4n) is 2.73. The highest BCUT2D eigenvalue weighted by atomic mass is 16.2. The second kappa shape index (κ2) is 7.47. The van der Waals surface area contributed by atoms with Gasteiger partial charge in [-0.1, -0.05) is 24.3 Å². The highest BCUT2D eigenvalue weighted by Crippen LogP contribution is 2.15. The normalized spacial score (nSPS) is 15.2. The molecule has 1 heterocycles. The van der Waals surface area contributed by atoms with Gasteiger partial charge in [-0.25, -0.2) is 4.79 Å². The summed E-state index contributed by atoms with van der Waals surface area (Å²) in [5.41, 5.74) is 2.15. The molecule has 4 amide bonds. The number of rotatable bonds is 5. The zero-order valence-electron chi connectivity index (χ0n) is 14.8. The van der Waals surface area contributed by atoms with E-state index in [2.05, 4.69) is 0 Å². The third-order valence-corrected chi connectivity index (χ3v) is 4.36. The topological polar surface area (TPSA) is 60.9 Å². The number of hydrogen-bond donors (Lipinski definition) is 0. The monoisotopic (exact) mass is 331 g/mol. The van der Waals surface area contributed by atoms with Crippen LogP contribution in [0.2, 0.25) is 0 Å². The van der Waals surface area contributed by atoms with Crippen molar-refractivity contribution in [1.29, 1.82) is 0 Å². The molecule has 1 fully saturated rings. The average molecular weight is 331 g/mol. The van der Waals surface area contributed by atoms with Gasteiger partial charge in [0.1, 0.15) is 6.54 Å². The molecule has 0 spiro atoms. The van der Waals surface area contributed by atoms with E-state index in [0.717, 1.165) is 16.0 Å². The molecular formula is C18H25N3O3. The number of likely N-dealkylation sites (N-methyl/N-ethyl adjacent to an activating group) is 1. The van der Waals surface area contributed by atoms with Gasteiger partial charge in [0.2, 0.25) is 11.8 Å². The first kappa shape index (κ1) is 18.0. The van der Waals surface area contributed by atoms with Crippen molar-refractivity contribution in [2.45, 2.75) is 39.8 Å². The summed E-state index contributed by atoms with van der Waals surface area (Å²) in [6.45, 7) is 6.46. The minimum atomic E-state index is -0.376. The summed E-state index contributed by atoms with van der Waals surface area (Å²) < 4.78 is 0. The van der Waals surface area contributed by atoms with E-state index < -0.39 is 0 Å². The number of carbonyl (C=O) groups excluding carboxylic acids is 3. The quantitative estimate of drug-likeness (QED) is 0.829. The van der Waals surface area contributed by atoms with Crippen LogP contribution in [0.1, 0.15) is 31.4 Å². The molecule has 2 rings (SSSR count). The van der Waals surface area contributed by atoms with Crippen LogP contribution in [0.4, 0.5) is 4.79 Å². The molecule has 24 heavy (non-hydrogen) atoms. The van der Waals surface area contributed by atoms with Crippen LogP contribution in [-0.2, 0) is 16.1 Å². The zero-order valence-corrected chi connectivity index (χ0v) is 14.8. The van der Waals surface area contributed by atoms with Gasteiger partial charge in [0.15, 0.2) is 0 Å². The minimum Gasteiger partial charge on any atom is -0.340 e. The molecule has 1 saturated heterocycles. The van der Waals surface area contributed by atoms with E-state index >= 15 is 0 Å². The van der Waals surface area contributed by atoms with Gasteiger partial charge in [0.05, 0.1) is 0 Å². The van der Waals surface area contributed by atoms with Gasteiger partial charge in [0, 0.05) is 32.6 Å². The summed E-state index contributed by atoms with van der Waals surface area (Å²) >= 11 is 0. The molecule has 0 aromatic heterocycles. The lowest BCUT2D eigenvalue weighted by Crippen LogP contribution is -2.56. The molecule has 6 heteroatoms. The second-order valence-electron chi connectivity index (χ2n) is 6.48. The van der Waals surface area contributed by atoms with Crippen LogP contribution in [0.3, 0.4) is 0 Å². The molecule has 1 aromatic rings. The number of nitrogens with zero attached hydrogens (tertiary/aromatic N) is 3. The third kappa shape index (κ3) is 3.93. The molecule has 130 valence electrons. The first-order valence-electron chi connectivity index (χ1n) is 8.20. The SMILES string of the molecule is Cc1ccccc1CN(C)C(=O)CN1C(=O)CCN(C(C)C)C1=O. The number of urea groups is 1. The van der Waals surface area contributed by atoms with E-state index in [4.69, 9.17) is 0 Å². The van der Waals surface area contributed by atoms with E-state index in [9.17, 15) is 14.4 Å². The van der Waals surface area contributed by atoms with Crippen LogP contribution in [-0.4, -0.2) is 58.7 Å². The highest BCUT2D eigenvalue weighted by molar-refractivity contribution is 6.00. The molecule has 6 nitrogen and oxygen atoms in total. The van der Waals surface area contributed by atoms with Gasteiger partial charge in [-0.15, -0.1) is 0 Å². The number of carbonyl (C=O) groups is 3. The number of hydrogen-bond acceptors (Lipinski definition) is 3. The summed E-state index contributed by atoms with van der Waals surface area (Å²) in [5.74, 6) is -0.528. The fourth-order valence-corrected chi connectivity index (χ4v) is 2.73. The largest absolute Gasteiger partial charge is 0.340 e. The first-order chi connectivity index (χ1) is 11.3. The zero-order chi connectivity index (χ0) is 17.9. The smallest absolute Gasteiger partial charge is 0.327 e. The number of aryl methyl sites for hydroxylation is 1. The molecule has 0 unspecified atom stereocenters. The molecular weight excluding hydrogens is 306 g/mol. The summed E-state index contributed by atoms with van der Waals surface area (Å²) in [5, 5.41) is 0. The molecule has 1 aliphatic rings. The van der Waals surface area contributed by atoms with Crippen molar-refractivity contribution in [3.8, 4) is 0 Å². The van der Waals surface area contributed by atoms with Crippen LogP contribution in [0, 0.1) is 6.92 Å². The van der Waals surface area contributed by atoms with Crippen molar-refractivity contribution in [2.75, 3.05) is 20.1 Å². The van der Waals surface area contributed by atoms with Crippen LogP contribution in [0.15, 0.2) is 24.3 Å². The Hall–Kier alpha value is -2.37. The Balaban J connectivity index is 2.03. The van der Waals surface area contributed by atoms with E-state index in [1.54, 1.807) is 16.8 Å². The maximum Gasteiger partial charge on any atom is 0.327 e. The Bertz CT molecular complexity index is 642. The number of amides is 4. The first-order valence-corrected chi connectivity index (χ1v) is 8.20. The maximum absolute atomic E-state index is 12.5. The predicted octanol–water partition coefficient (Wildman–Crippen LogP) is 2.02. The van der Waals surface area contributed by atoms with Crippen LogP contribution in [0.5, 0.6) is 0 Å². The van der Waals surface area contributed by atoms with Crippen molar-refractivity contribution < 1.29 is 14.4 Å². The third-order valence-electron chi connectivity index (χ3n) is 4.36. The van der Waals surface area contributed by atoms with Crippen molar-refractivity contribution in [2.24, 2.45) is 0 Å². The Morgan fingerprint density at radius 1 is 1.25 bits per heavy atom. The molecule has 0 atom stereocenters. The molecule has 0 N–H and O–H groups in total. The van der Waals surface area contributed by atoms with E-state index in [1.165, 1.54) is 0 Å². The molecule has 0 aliphatic carbocycles. The van der Waals surface area contributed by atoms with E-state index in [0.29, 0.717) is 13.1 Å². The van der Waals surface area contributed by atoms with Crippen LogP contribution >= 0.6 is 0 Å². The van der Waals surface area contributed by atoms with Crippen LogP contribution in [0.25, 0.3) is 0 Å². The lowest BCUT2D eigenvalue weighted by Gasteiger charge is -2.36. The lowest BCUT2D eigenvalue weighted by molar-refractivity contribution is -0.139. The number of imide groups is 1. The second-order valence-corrected chi connectivity index (χ2v) is 6.48. The van der Waals surface area contributed by atoms with Gasteiger partial charge in [-0.2, -0.15) is 0 Å². The highest BCUT2D eigenvalue weighted by Gasteiger charge is 2.34. The molecule has 1 aromatic carbocycles. The summed E-state index contributed by atoms with van der Waals surface area (Å²) in [6.07, 6.45) is 0.263. The van der Waals surface area contributed by atoms with Crippen molar-refractivity contribution in [3.63, 3.8) is 0 Å². The van der Waals surface area contributed by atoms with Crippen LogP contribution < -0.4 is 0 Å². The van der Waals surface area contributed by atoms with Gasteiger partial charge < -0.3 is 9.80 Å². The Morgan fingerprint density at radius 2 is 1.92 bits per heavy atom. The summed E-state index contributed by atoms with van der Waals surface area (Å²) in [4.78, 5) is 41.2. The van der Waals surface area contributed by atoms with Crippen molar-refractivity contribution in [1.82, 2.24) is 14.7 Å². The van der Waals surface area contributed by atoms with E-state index in [-0.39, 0.29) is 36.9 Å². The van der Waals surface area contributed by atoms with Gasteiger partial charge >= 0.3 is 6.03 Å². The molecule has 0 bridgehead atoms. The van der Waals surface area contributed by atoms with Crippen molar-refractivity contribution in [3.05, 3.63) is 35.4 Å². The summed E-state index contributed by atoms with van der Waals surface area (Å²) in [7, 11) is 1.69. The Labute approximate surface area is 143 Å². The van der Waals surface area contributed by atoms with Gasteiger partial charge in [-0.05, 0) is 31.9 Å². The van der Waals surface area contributed by atoms with Gasteiger partial charge in [-0.3, -0.25) is 14.5 Å². The molecule has 0 radical (unpaired) electrons. The maximum atomic E-state index is 12.5. The van der Waals surface area contributed by atoms with Crippen molar-refractivity contribution >= 4 is 17.8 Å². The Morgan fingerprint density at radius 3 is 2.54 bits per heavy atom. The predicted molar refractivity (Wildman–Crippen MR) is 91.2 cm³/mol. The summed E-state index contributed by atoms with van der Waals surface area (Å²) in [6, 6.07) is 7.47. The van der Waals surface area contributed by atoms with Gasteiger partial charge in [0.25, 0.3) is 0 Å². The standard InChI is InChI=1S/C18H25N3O3/c1-13(2)20-10-9-16(22)21(18(20)24)12-17(23)19(4)11-15-8-6-5-7-14(15)3/h5-8,13H,9-12H2,1-4H3. The van der Waals surface area contributed by atoms with E-state index in [1.807, 2.05) is 45.0 Å². The Kier molecular flexibility index (Phi) is 5.59. The minimum absolute atomic E-state index is 0.00731. The fraction of sp³-hybridized carbons (Fsp3) is 0.500. The molecule has 0 saturated carbocycles. The lowest BCUT2D eigenvalue weighted by atomic mass is 10.1.